The van der Waals surface area contributed by atoms with Crippen LogP contribution in [0.15, 0.2) is 28.6 Å². The molecule has 0 unspecified atom stereocenters. The van der Waals surface area contributed by atoms with Gasteiger partial charge in [0.15, 0.2) is 15.8 Å². The van der Waals surface area contributed by atoms with Crippen molar-refractivity contribution in [1.82, 2.24) is 15.6 Å². The lowest BCUT2D eigenvalue weighted by molar-refractivity contribution is 0.599. The number of aromatic nitrogens is 1. The van der Waals surface area contributed by atoms with E-state index in [2.05, 4.69) is 34.5 Å². The van der Waals surface area contributed by atoms with Crippen LogP contribution in [0.1, 0.15) is 41.6 Å². The Hall–Kier alpha value is -2.00. The van der Waals surface area contributed by atoms with E-state index in [0.717, 1.165) is 17.0 Å². The summed E-state index contributed by atoms with van der Waals surface area (Å²) in [6, 6.07) is 4.12. The molecule has 0 fully saturated rings. The molecule has 6 nitrogen and oxygen atoms in total. The summed E-state index contributed by atoms with van der Waals surface area (Å²) in [7, 11) is -1.57. The summed E-state index contributed by atoms with van der Waals surface area (Å²) in [5, 5.41) is 9.34. The van der Waals surface area contributed by atoms with Gasteiger partial charge in [-0.3, -0.25) is 4.99 Å². The average Bonchev–Trinajstić information content (AvgIpc) is 3.05. The quantitative estimate of drug-likeness (QED) is 0.540. The fourth-order valence-electron chi connectivity index (χ4n) is 2.43. The molecule has 0 radical (unpaired) electrons. The molecule has 0 amide bonds. The van der Waals surface area contributed by atoms with Crippen LogP contribution in [0.4, 0.5) is 4.39 Å². The first-order valence-corrected chi connectivity index (χ1v) is 11.5. The van der Waals surface area contributed by atoms with Crippen molar-refractivity contribution in [3.8, 4) is 0 Å². The Morgan fingerprint density at radius 1 is 1.26 bits per heavy atom. The van der Waals surface area contributed by atoms with Crippen molar-refractivity contribution >= 4 is 27.1 Å². The van der Waals surface area contributed by atoms with Crippen LogP contribution in [-0.4, -0.2) is 32.7 Å². The number of nitrogens with one attached hydrogen (secondary N) is 2. The van der Waals surface area contributed by atoms with Crippen molar-refractivity contribution in [1.29, 1.82) is 0 Å². The van der Waals surface area contributed by atoms with Crippen molar-refractivity contribution in [2.45, 2.75) is 38.6 Å². The van der Waals surface area contributed by atoms with Gasteiger partial charge in [-0.25, -0.2) is 17.8 Å². The van der Waals surface area contributed by atoms with Gasteiger partial charge in [0.1, 0.15) is 5.82 Å². The Balaban J connectivity index is 2.00. The Morgan fingerprint density at radius 2 is 1.96 bits per heavy atom. The van der Waals surface area contributed by atoms with Gasteiger partial charge in [0, 0.05) is 31.1 Å². The van der Waals surface area contributed by atoms with Crippen molar-refractivity contribution in [2.75, 3.05) is 13.3 Å². The zero-order valence-electron chi connectivity index (χ0n) is 15.9. The van der Waals surface area contributed by atoms with E-state index >= 15 is 0 Å². The summed E-state index contributed by atoms with van der Waals surface area (Å²) >= 11 is 1.63. The molecule has 0 aliphatic rings. The molecule has 0 atom stereocenters. The van der Waals surface area contributed by atoms with Crippen LogP contribution < -0.4 is 10.6 Å². The Bertz CT molecular complexity index is 908. The number of benzene rings is 1. The molecular weight excluding hydrogens is 387 g/mol. The van der Waals surface area contributed by atoms with Gasteiger partial charge in [0.25, 0.3) is 0 Å². The van der Waals surface area contributed by atoms with Gasteiger partial charge in [0.05, 0.1) is 23.0 Å². The number of rotatable bonds is 7. The molecule has 0 saturated carbocycles. The summed E-state index contributed by atoms with van der Waals surface area (Å²) in [6.45, 7) is 4.98. The number of nitrogens with zero attached hydrogens (tertiary/aromatic N) is 2. The monoisotopic (exact) mass is 412 g/mol. The van der Waals surface area contributed by atoms with Crippen molar-refractivity contribution < 1.29 is 12.8 Å². The predicted molar refractivity (Wildman–Crippen MR) is 108 cm³/mol. The SMILES string of the molecule is CN=C(NCc1csc(C(C)C)n1)NCc1cc(F)ccc1CS(C)(=O)=O. The predicted octanol–water partition coefficient (Wildman–Crippen LogP) is 2.82. The maximum absolute atomic E-state index is 13.6. The third-order valence-electron chi connectivity index (χ3n) is 3.76. The molecule has 0 spiro atoms. The molecule has 2 rings (SSSR count). The van der Waals surface area contributed by atoms with E-state index in [4.69, 9.17) is 0 Å². The van der Waals surface area contributed by atoms with E-state index in [-0.39, 0.29) is 12.3 Å². The molecule has 2 N–H and O–H groups in total. The van der Waals surface area contributed by atoms with Crippen LogP contribution in [0.3, 0.4) is 0 Å². The second kappa shape index (κ2) is 9.27. The van der Waals surface area contributed by atoms with Crippen molar-refractivity contribution in [2.24, 2.45) is 4.99 Å². The largest absolute Gasteiger partial charge is 0.352 e. The summed E-state index contributed by atoms with van der Waals surface area (Å²) in [6.07, 6.45) is 1.16. The van der Waals surface area contributed by atoms with E-state index < -0.39 is 15.7 Å². The molecular formula is C18H25FN4O2S2. The smallest absolute Gasteiger partial charge is 0.191 e. The standard InChI is InChI=1S/C18H25FN4O2S2/c1-12(2)17-23-16(10-26-17)9-22-18(20-3)21-8-14-7-15(19)6-5-13(14)11-27(4,24)25/h5-7,10,12H,8-9,11H2,1-4H3,(H2,20,21,22). The van der Waals surface area contributed by atoms with Gasteiger partial charge in [0.2, 0.25) is 0 Å². The van der Waals surface area contributed by atoms with Crippen LogP contribution in [-0.2, 0) is 28.7 Å². The lowest BCUT2D eigenvalue weighted by Gasteiger charge is -2.14. The molecule has 2 aromatic rings. The first-order chi connectivity index (χ1) is 12.7. The van der Waals surface area contributed by atoms with Crippen LogP contribution >= 0.6 is 11.3 Å². The van der Waals surface area contributed by atoms with Gasteiger partial charge in [-0.15, -0.1) is 11.3 Å². The van der Waals surface area contributed by atoms with Crippen LogP contribution in [0.2, 0.25) is 0 Å². The van der Waals surface area contributed by atoms with E-state index in [1.165, 1.54) is 18.2 Å². The molecule has 0 saturated heterocycles. The fraction of sp³-hybridized carbons (Fsp3) is 0.444. The first-order valence-electron chi connectivity index (χ1n) is 8.51. The van der Waals surface area contributed by atoms with Crippen molar-refractivity contribution in [3.63, 3.8) is 0 Å². The first kappa shape index (κ1) is 21.3. The third kappa shape index (κ3) is 6.91. The normalized spacial score (nSPS) is 12.4. The van der Waals surface area contributed by atoms with E-state index in [9.17, 15) is 12.8 Å². The molecule has 0 aliphatic heterocycles. The molecule has 1 aromatic carbocycles. The zero-order chi connectivity index (χ0) is 20.0. The summed E-state index contributed by atoms with van der Waals surface area (Å²) < 4.78 is 36.8. The Kier molecular flexibility index (Phi) is 7.32. The fourth-order valence-corrected chi connectivity index (χ4v) is 4.11. The molecule has 0 aliphatic carbocycles. The number of hydrogen-bond donors (Lipinski definition) is 2. The lowest BCUT2D eigenvalue weighted by atomic mass is 10.1. The highest BCUT2D eigenvalue weighted by atomic mass is 32.2. The molecule has 9 heteroatoms. The minimum Gasteiger partial charge on any atom is -0.352 e. The van der Waals surface area contributed by atoms with Crippen LogP contribution in [0, 0.1) is 5.82 Å². The number of guanidine groups is 1. The molecule has 1 heterocycles. The highest BCUT2D eigenvalue weighted by molar-refractivity contribution is 7.89. The van der Waals surface area contributed by atoms with E-state index in [1.54, 1.807) is 18.4 Å². The number of sulfone groups is 1. The summed E-state index contributed by atoms with van der Waals surface area (Å²) in [5.74, 6) is 0.384. The highest BCUT2D eigenvalue weighted by Gasteiger charge is 2.11. The molecule has 148 valence electrons. The van der Waals surface area contributed by atoms with Crippen molar-refractivity contribution in [3.05, 3.63) is 51.2 Å². The molecule has 27 heavy (non-hydrogen) atoms. The second-order valence-electron chi connectivity index (χ2n) is 6.59. The van der Waals surface area contributed by atoms with Gasteiger partial charge in [-0.2, -0.15) is 0 Å². The lowest BCUT2D eigenvalue weighted by Crippen LogP contribution is -2.36. The topological polar surface area (TPSA) is 83.4 Å². The van der Waals surface area contributed by atoms with Gasteiger partial charge in [-0.1, -0.05) is 19.9 Å². The number of thiazole rings is 1. The second-order valence-corrected chi connectivity index (χ2v) is 9.62. The maximum Gasteiger partial charge on any atom is 0.191 e. The van der Waals surface area contributed by atoms with Gasteiger partial charge in [-0.05, 0) is 23.3 Å². The molecule has 0 bridgehead atoms. The summed E-state index contributed by atoms with van der Waals surface area (Å²) in [5.41, 5.74) is 2.08. The van der Waals surface area contributed by atoms with Gasteiger partial charge < -0.3 is 10.6 Å². The Morgan fingerprint density at radius 3 is 2.56 bits per heavy atom. The number of hydrogen-bond acceptors (Lipinski definition) is 5. The van der Waals surface area contributed by atoms with Gasteiger partial charge >= 0.3 is 0 Å². The zero-order valence-corrected chi connectivity index (χ0v) is 17.5. The van der Waals surface area contributed by atoms with E-state index in [1.807, 2.05) is 5.38 Å². The third-order valence-corrected chi connectivity index (χ3v) is 5.79. The minimum atomic E-state index is -3.21. The highest BCUT2D eigenvalue weighted by Crippen LogP contribution is 2.19. The number of halogens is 1. The molecule has 1 aromatic heterocycles. The van der Waals surface area contributed by atoms with Crippen LogP contribution in [0.25, 0.3) is 0 Å². The van der Waals surface area contributed by atoms with Crippen LogP contribution in [0.5, 0.6) is 0 Å². The Labute approximate surface area is 163 Å². The maximum atomic E-state index is 13.6. The summed E-state index contributed by atoms with van der Waals surface area (Å²) in [4.78, 5) is 8.70. The van der Waals surface area contributed by atoms with E-state index in [0.29, 0.717) is 29.5 Å². The average molecular weight is 413 g/mol. The minimum absolute atomic E-state index is 0.132. The number of aliphatic imine (C=N–C) groups is 1.